The maximum absolute atomic E-state index is 5.71. The second-order valence-electron chi connectivity index (χ2n) is 3.00. The maximum atomic E-state index is 5.71. The van der Waals surface area contributed by atoms with Crippen molar-refractivity contribution in [1.29, 1.82) is 0 Å². The van der Waals surface area contributed by atoms with E-state index in [9.17, 15) is 0 Å². The van der Waals surface area contributed by atoms with Crippen molar-refractivity contribution in [2.75, 3.05) is 13.1 Å². The molecule has 1 aliphatic rings. The molecule has 2 rings (SSSR count). The van der Waals surface area contributed by atoms with E-state index in [1.807, 2.05) is 0 Å². The Labute approximate surface area is 89.6 Å². The van der Waals surface area contributed by atoms with Crippen LogP contribution in [0.3, 0.4) is 0 Å². The van der Waals surface area contributed by atoms with Gasteiger partial charge < -0.3 is 10.1 Å². The van der Waals surface area contributed by atoms with E-state index in [0.717, 1.165) is 34.9 Å². The van der Waals surface area contributed by atoms with Gasteiger partial charge in [0.2, 0.25) is 0 Å². The number of aromatic nitrogens is 1. The highest BCUT2D eigenvalue weighted by molar-refractivity contribution is 9.11. The second kappa shape index (κ2) is 4.39. The minimum absolute atomic E-state index is 0.347. The lowest BCUT2D eigenvalue weighted by molar-refractivity contribution is 0.162. The molecule has 0 bridgehead atoms. The Morgan fingerprint density at radius 3 is 2.92 bits per heavy atom. The van der Waals surface area contributed by atoms with Crippen LogP contribution < -0.4 is 10.1 Å². The zero-order chi connectivity index (χ0) is 9.10. The van der Waals surface area contributed by atoms with E-state index >= 15 is 0 Å². The van der Waals surface area contributed by atoms with E-state index in [1.165, 1.54) is 0 Å². The minimum atomic E-state index is 0.347. The molecule has 0 spiro atoms. The fraction of sp³-hybridized carbons (Fsp3) is 0.625. The number of nitrogens with one attached hydrogen (secondary N) is 1. The lowest BCUT2D eigenvalue weighted by atomic mass is 10.1. The SMILES string of the molecule is Brc1cnc(OC2CCNCC2)s1. The summed E-state index contributed by atoms with van der Waals surface area (Å²) < 4.78 is 6.74. The largest absolute Gasteiger partial charge is 0.467 e. The number of ether oxygens (including phenoxy) is 1. The predicted molar refractivity (Wildman–Crippen MR) is 56.3 cm³/mol. The van der Waals surface area contributed by atoms with Gasteiger partial charge in [-0.15, -0.1) is 0 Å². The lowest BCUT2D eigenvalue weighted by Gasteiger charge is -2.22. The van der Waals surface area contributed by atoms with Gasteiger partial charge in [-0.05, 0) is 41.9 Å². The summed E-state index contributed by atoms with van der Waals surface area (Å²) in [5.41, 5.74) is 0. The monoisotopic (exact) mass is 262 g/mol. The first kappa shape index (κ1) is 9.43. The van der Waals surface area contributed by atoms with Crippen LogP contribution in [0, 0.1) is 0 Å². The topological polar surface area (TPSA) is 34.1 Å². The number of rotatable bonds is 2. The molecule has 0 radical (unpaired) electrons. The summed E-state index contributed by atoms with van der Waals surface area (Å²) >= 11 is 4.90. The number of halogens is 1. The molecule has 5 heteroatoms. The van der Waals surface area contributed by atoms with Crippen LogP contribution in [0.4, 0.5) is 0 Å². The first-order valence-electron chi connectivity index (χ1n) is 4.33. The number of nitrogens with zero attached hydrogens (tertiary/aromatic N) is 1. The Kier molecular flexibility index (Phi) is 3.18. The smallest absolute Gasteiger partial charge is 0.274 e. The third-order valence-corrected chi connectivity index (χ3v) is 3.38. The van der Waals surface area contributed by atoms with Crippen LogP contribution in [0.15, 0.2) is 9.98 Å². The molecule has 0 unspecified atom stereocenters. The summed E-state index contributed by atoms with van der Waals surface area (Å²) in [6.45, 7) is 2.11. The highest BCUT2D eigenvalue weighted by Gasteiger charge is 2.15. The van der Waals surface area contributed by atoms with Crippen LogP contribution >= 0.6 is 27.3 Å². The molecular formula is C8H11BrN2OS. The molecule has 1 N–H and O–H groups in total. The standard InChI is InChI=1S/C8H11BrN2OS/c9-7-5-11-8(13-7)12-6-1-3-10-4-2-6/h5-6,10H,1-4H2. The third-order valence-electron chi connectivity index (χ3n) is 2.01. The summed E-state index contributed by atoms with van der Waals surface area (Å²) in [5.74, 6) is 0. The van der Waals surface area contributed by atoms with Gasteiger partial charge in [-0.2, -0.15) is 0 Å². The molecule has 1 aromatic rings. The Morgan fingerprint density at radius 1 is 1.54 bits per heavy atom. The van der Waals surface area contributed by atoms with Crippen molar-refractivity contribution in [1.82, 2.24) is 10.3 Å². The van der Waals surface area contributed by atoms with E-state index in [4.69, 9.17) is 4.74 Å². The van der Waals surface area contributed by atoms with Crippen molar-refractivity contribution in [3.63, 3.8) is 0 Å². The fourth-order valence-electron chi connectivity index (χ4n) is 1.35. The normalized spacial score (nSPS) is 18.8. The molecule has 1 aliphatic heterocycles. The van der Waals surface area contributed by atoms with Crippen molar-refractivity contribution in [3.8, 4) is 5.19 Å². The van der Waals surface area contributed by atoms with Crippen LogP contribution in [-0.2, 0) is 0 Å². The minimum Gasteiger partial charge on any atom is -0.467 e. The molecular weight excluding hydrogens is 252 g/mol. The molecule has 3 nitrogen and oxygen atoms in total. The van der Waals surface area contributed by atoms with Crippen LogP contribution in [-0.4, -0.2) is 24.2 Å². The third kappa shape index (κ3) is 2.65. The van der Waals surface area contributed by atoms with Crippen molar-refractivity contribution in [2.45, 2.75) is 18.9 Å². The molecule has 72 valence electrons. The van der Waals surface area contributed by atoms with E-state index in [-0.39, 0.29) is 0 Å². The van der Waals surface area contributed by atoms with Gasteiger partial charge in [0.05, 0.1) is 9.98 Å². The average Bonchev–Trinajstić information content (AvgIpc) is 2.53. The van der Waals surface area contributed by atoms with Crippen molar-refractivity contribution >= 4 is 27.3 Å². The number of hydrogen-bond acceptors (Lipinski definition) is 4. The summed E-state index contributed by atoms with van der Waals surface area (Å²) in [6.07, 6.45) is 4.29. The molecule has 13 heavy (non-hydrogen) atoms. The molecule has 0 aliphatic carbocycles. The number of thiazole rings is 1. The quantitative estimate of drug-likeness (QED) is 0.886. The van der Waals surface area contributed by atoms with Gasteiger partial charge in [0.15, 0.2) is 0 Å². The Balaban J connectivity index is 1.89. The molecule has 1 saturated heterocycles. The lowest BCUT2D eigenvalue weighted by Crippen LogP contribution is -2.34. The fourth-order valence-corrected chi connectivity index (χ4v) is 2.43. The second-order valence-corrected chi connectivity index (χ2v) is 5.37. The van der Waals surface area contributed by atoms with Crippen molar-refractivity contribution in [3.05, 3.63) is 9.98 Å². The summed E-state index contributed by atoms with van der Waals surface area (Å²) in [4.78, 5) is 4.14. The molecule has 0 amide bonds. The average molecular weight is 263 g/mol. The Morgan fingerprint density at radius 2 is 2.31 bits per heavy atom. The van der Waals surface area contributed by atoms with Gasteiger partial charge in [0.25, 0.3) is 5.19 Å². The highest BCUT2D eigenvalue weighted by Crippen LogP contribution is 2.27. The van der Waals surface area contributed by atoms with Gasteiger partial charge in [0, 0.05) is 0 Å². The molecule has 1 fully saturated rings. The molecule has 2 heterocycles. The Bertz CT molecular complexity index is 273. The Hall–Kier alpha value is -0.130. The molecule has 0 saturated carbocycles. The zero-order valence-corrected chi connectivity index (χ0v) is 9.53. The summed E-state index contributed by atoms with van der Waals surface area (Å²) in [5, 5.41) is 4.08. The van der Waals surface area contributed by atoms with Gasteiger partial charge in [-0.1, -0.05) is 11.3 Å². The van der Waals surface area contributed by atoms with Gasteiger partial charge in [0.1, 0.15) is 6.10 Å². The van der Waals surface area contributed by atoms with E-state index in [1.54, 1.807) is 17.5 Å². The predicted octanol–water partition coefficient (Wildman–Crippen LogP) is 2.04. The zero-order valence-electron chi connectivity index (χ0n) is 7.12. The first-order chi connectivity index (χ1) is 6.34. The van der Waals surface area contributed by atoms with Crippen LogP contribution in [0.2, 0.25) is 0 Å². The first-order valence-corrected chi connectivity index (χ1v) is 5.94. The van der Waals surface area contributed by atoms with E-state index < -0.39 is 0 Å². The van der Waals surface area contributed by atoms with E-state index in [0.29, 0.717) is 6.10 Å². The van der Waals surface area contributed by atoms with Gasteiger partial charge >= 0.3 is 0 Å². The van der Waals surface area contributed by atoms with Crippen molar-refractivity contribution in [2.24, 2.45) is 0 Å². The van der Waals surface area contributed by atoms with Crippen LogP contribution in [0.25, 0.3) is 0 Å². The maximum Gasteiger partial charge on any atom is 0.274 e. The summed E-state index contributed by atoms with van der Waals surface area (Å²) in [6, 6.07) is 0. The molecule has 1 aromatic heterocycles. The highest BCUT2D eigenvalue weighted by atomic mass is 79.9. The van der Waals surface area contributed by atoms with Gasteiger partial charge in [-0.25, -0.2) is 4.98 Å². The number of hydrogen-bond donors (Lipinski definition) is 1. The summed E-state index contributed by atoms with van der Waals surface area (Å²) in [7, 11) is 0. The molecule has 0 atom stereocenters. The van der Waals surface area contributed by atoms with Crippen LogP contribution in [0.1, 0.15) is 12.8 Å². The van der Waals surface area contributed by atoms with Crippen molar-refractivity contribution < 1.29 is 4.74 Å². The van der Waals surface area contributed by atoms with Crippen LogP contribution in [0.5, 0.6) is 5.19 Å². The van der Waals surface area contributed by atoms with E-state index in [2.05, 4.69) is 26.2 Å². The molecule has 0 aromatic carbocycles. The van der Waals surface area contributed by atoms with Gasteiger partial charge in [-0.3, -0.25) is 0 Å². The number of piperidine rings is 1.